The summed E-state index contributed by atoms with van der Waals surface area (Å²) in [4.78, 5) is 50.6. The van der Waals surface area contributed by atoms with Crippen molar-refractivity contribution in [2.75, 3.05) is 6.54 Å². The van der Waals surface area contributed by atoms with Crippen molar-refractivity contribution in [3.63, 3.8) is 0 Å². The number of nitrogens with one attached hydrogen (secondary N) is 3. The van der Waals surface area contributed by atoms with E-state index in [0.717, 1.165) is 5.56 Å². The summed E-state index contributed by atoms with van der Waals surface area (Å²) in [5.74, 6) is -1.59. The average molecular weight is 609 g/mol. The lowest BCUT2D eigenvalue weighted by Gasteiger charge is -2.32. The maximum atomic E-state index is 13.1. The van der Waals surface area contributed by atoms with Gasteiger partial charge in [-0.05, 0) is 96.8 Å². The number of hydrogen-bond donors (Lipinski definition) is 4. The molecule has 0 unspecified atom stereocenters. The minimum atomic E-state index is -0.915. The number of rotatable bonds is 14. The molecule has 10 nitrogen and oxygen atoms in total. The quantitative estimate of drug-likeness (QED) is 0.179. The van der Waals surface area contributed by atoms with E-state index in [-0.39, 0.29) is 48.4 Å². The predicted molar refractivity (Wildman–Crippen MR) is 165 cm³/mol. The lowest BCUT2D eigenvalue weighted by atomic mass is 9.84. The molecule has 43 heavy (non-hydrogen) atoms. The Morgan fingerprint density at radius 1 is 0.837 bits per heavy atom. The summed E-state index contributed by atoms with van der Waals surface area (Å²) in [6, 6.07) is 3.22. The molecule has 0 bridgehead atoms. The van der Waals surface area contributed by atoms with Crippen LogP contribution in [0.15, 0.2) is 24.3 Å². The summed E-state index contributed by atoms with van der Waals surface area (Å²) < 4.78 is 24.0. The SMILES string of the molecule is CC(C)(C)OC(=O)CC[C@H](NC(=O)N[C@@H](CCCCNC(=O)[C@@H](N)Cc1ccc(F)cc1)C(=O)OC(C)(C)C)C(C)(C)C. The molecular weight excluding hydrogens is 555 g/mol. The maximum Gasteiger partial charge on any atom is 0.329 e. The molecule has 3 amide bonds. The smallest absolute Gasteiger partial charge is 0.329 e. The van der Waals surface area contributed by atoms with Crippen molar-refractivity contribution >= 4 is 23.9 Å². The fraction of sp³-hybridized carbons (Fsp3) is 0.688. The van der Waals surface area contributed by atoms with Crippen LogP contribution in [0.2, 0.25) is 0 Å². The van der Waals surface area contributed by atoms with Gasteiger partial charge in [0.1, 0.15) is 23.1 Å². The Kier molecular flexibility index (Phi) is 14.6. The molecule has 0 aliphatic rings. The second kappa shape index (κ2) is 16.6. The van der Waals surface area contributed by atoms with E-state index in [1.807, 2.05) is 20.8 Å². The number of benzene rings is 1. The molecule has 244 valence electrons. The highest BCUT2D eigenvalue weighted by Gasteiger charge is 2.31. The van der Waals surface area contributed by atoms with Gasteiger partial charge in [0.2, 0.25) is 5.91 Å². The van der Waals surface area contributed by atoms with Gasteiger partial charge in [-0.1, -0.05) is 32.9 Å². The minimum Gasteiger partial charge on any atom is -0.460 e. The zero-order valence-corrected chi connectivity index (χ0v) is 27.4. The van der Waals surface area contributed by atoms with E-state index in [1.54, 1.807) is 53.7 Å². The monoisotopic (exact) mass is 608 g/mol. The standard InChI is InChI=1S/C32H53FN4O6/c1-30(2,3)25(17-18-26(38)42-31(4,5)6)37-29(41)36-24(28(40)43-32(7,8)9)12-10-11-19-35-27(39)23(34)20-21-13-15-22(33)16-14-21/h13-16,23-25H,10-12,17-20,34H2,1-9H3,(H,35,39)(H2,36,37,41)/t23-,24-,25-/m0/s1. The van der Waals surface area contributed by atoms with E-state index in [0.29, 0.717) is 25.8 Å². The number of esters is 2. The second-order valence-corrected chi connectivity index (χ2v) is 14.0. The second-order valence-electron chi connectivity index (χ2n) is 14.0. The van der Waals surface area contributed by atoms with E-state index in [1.165, 1.54) is 12.1 Å². The van der Waals surface area contributed by atoms with Crippen LogP contribution in [0.5, 0.6) is 0 Å². The molecule has 0 heterocycles. The third kappa shape index (κ3) is 16.9. The zero-order chi connectivity index (χ0) is 33.0. The van der Waals surface area contributed by atoms with Gasteiger partial charge in [0.05, 0.1) is 6.04 Å². The Hall–Kier alpha value is -3.21. The molecule has 11 heteroatoms. The first-order valence-electron chi connectivity index (χ1n) is 15.0. The maximum absolute atomic E-state index is 13.1. The lowest BCUT2D eigenvalue weighted by molar-refractivity contribution is -0.157. The normalized spacial score (nSPS) is 14.2. The van der Waals surface area contributed by atoms with Gasteiger partial charge >= 0.3 is 18.0 Å². The Balaban J connectivity index is 2.70. The van der Waals surface area contributed by atoms with Gasteiger partial charge < -0.3 is 31.2 Å². The van der Waals surface area contributed by atoms with E-state index in [2.05, 4.69) is 16.0 Å². The number of carbonyl (C=O) groups is 4. The van der Waals surface area contributed by atoms with E-state index in [9.17, 15) is 23.6 Å². The molecule has 5 N–H and O–H groups in total. The van der Waals surface area contributed by atoms with Crippen molar-refractivity contribution in [2.24, 2.45) is 11.1 Å². The predicted octanol–water partition coefficient (Wildman–Crippen LogP) is 4.53. The minimum absolute atomic E-state index is 0.133. The van der Waals surface area contributed by atoms with Crippen molar-refractivity contribution in [2.45, 2.75) is 130 Å². The summed E-state index contributed by atoms with van der Waals surface area (Å²) in [5, 5.41) is 8.44. The van der Waals surface area contributed by atoms with Crippen LogP contribution in [0.4, 0.5) is 9.18 Å². The number of hydrogen-bond acceptors (Lipinski definition) is 7. The number of urea groups is 1. The first-order chi connectivity index (χ1) is 19.7. The van der Waals surface area contributed by atoms with Crippen LogP contribution in [0.25, 0.3) is 0 Å². The van der Waals surface area contributed by atoms with Crippen LogP contribution in [0.3, 0.4) is 0 Å². The van der Waals surface area contributed by atoms with Gasteiger partial charge in [-0.2, -0.15) is 0 Å². The largest absolute Gasteiger partial charge is 0.460 e. The van der Waals surface area contributed by atoms with Gasteiger partial charge in [0.25, 0.3) is 0 Å². The number of carbonyl (C=O) groups excluding carboxylic acids is 4. The molecular formula is C32H53FN4O6. The summed E-state index contributed by atoms with van der Waals surface area (Å²) in [7, 11) is 0. The number of halogens is 1. The molecule has 3 atom stereocenters. The molecule has 1 rings (SSSR count). The summed E-state index contributed by atoms with van der Waals surface area (Å²) >= 11 is 0. The molecule has 0 aromatic heterocycles. The van der Waals surface area contributed by atoms with Gasteiger partial charge in [-0.25, -0.2) is 14.0 Å². The summed E-state index contributed by atoms with van der Waals surface area (Å²) in [6.45, 7) is 16.8. The van der Waals surface area contributed by atoms with Crippen molar-refractivity contribution < 1.29 is 33.0 Å². The molecule has 0 radical (unpaired) electrons. The zero-order valence-electron chi connectivity index (χ0n) is 27.4. The van der Waals surface area contributed by atoms with Gasteiger partial charge in [0.15, 0.2) is 0 Å². The first kappa shape index (κ1) is 37.8. The highest BCUT2D eigenvalue weighted by atomic mass is 19.1. The molecule has 0 aliphatic heterocycles. The molecule has 0 aliphatic carbocycles. The van der Waals surface area contributed by atoms with E-state index in [4.69, 9.17) is 15.2 Å². The molecule has 1 aromatic rings. The van der Waals surface area contributed by atoms with E-state index < -0.39 is 35.3 Å². The molecule has 0 saturated carbocycles. The van der Waals surface area contributed by atoms with E-state index >= 15 is 0 Å². The molecule has 0 spiro atoms. The van der Waals surface area contributed by atoms with Gasteiger partial charge in [-0.3, -0.25) is 9.59 Å². The number of unbranched alkanes of at least 4 members (excludes halogenated alkanes) is 1. The number of nitrogens with two attached hydrogens (primary N) is 1. The van der Waals surface area contributed by atoms with Crippen molar-refractivity contribution in [3.8, 4) is 0 Å². The van der Waals surface area contributed by atoms with Crippen LogP contribution in [0.1, 0.15) is 100.0 Å². The van der Waals surface area contributed by atoms with Crippen LogP contribution < -0.4 is 21.7 Å². The third-order valence-electron chi connectivity index (χ3n) is 6.33. The van der Waals surface area contributed by atoms with Crippen LogP contribution >= 0.6 is 0 Å². The Morgan fingerprint density at radius 2 is 1.42 bits per heavy atom. The van der Waals surface area contributed by atoms with Gasteiger partial charge in [0, 0.05) is 19.0 Å². The van der Waals surface area contributed by atoms with Crippen molar-refractivity contribution in [1.82, 2.24) is 16.0 Å². The lowest BCUT2D eigenvalue weighted by Crippen LogP contribution is -2.53. The summed E-state index contributed by atoms with van der Waals surface area (Å²) in [5.41, 5.74) is 5.04. The molecule has 1 aromatic carbocycles. The Labute approximate surface area is 256 Å². The highest BCUT2D eigenvalue weighted by Crippen LogP contribution is 2.24. The number of ether oxygens (including phenoxy) is 2. The third-order valence-corrected chi connectivity index (χ3v) is 6.33. The molecule has 0 saturated heterocycles. The fourth-order valence-electron chi connectivity index (χ4n) is 4.14. The fourth-order valence-corrected chi connectivity index (χ4v) is 4.14. The highest BCUT2D eigenvalue weighted by molar-refractivity contribution is 5.84. The van der Waals surface area contributed by atoms with Crippen LogP contribution in [-0.4, -0.2) is 59.7 Å². The average Bonchev–Trinajstić information content (AvgIpc) is 2.84. The molecule has 0 fully saturated rings. The summed E-state index contributed by atoms with van der Waals surface area (Å²) in [6.07, 6.45) is 2.12. The topological polar surface area (TPSA) is 149 Å². The number of amides is 3. The first-order valence-corrected chi connectivity index (χ1v) is 15.0. The van der Waals surface area contributed by atoms with Crippen molar-refractivity contribution in [3.05, 3.63) is 35.6 Å². The van der Waals surface area contributed by atoms with Crippen LogP contribution in [-0.2, 0) is 30.3 Å². The van der Waals surface area contributed by atoms with Gasteiger partial charge in [-0.15, -0.1) is 0 Å². The van der Waals surface area contributed by atoms with Crippen molar-refractivity contribution in [1.29, 1.82) is 0 Å². The van der Waals surface area contributed by atoms with Crippen LogP contribution in [0, 0.1) is 11.2 Å². The Morgan fingerprint density at radius 3 is 1.95 bits per heavy atom. The Bertz CT molecular complexity index is 1060.